The molecule has 1 unspecified atom stereocenters. The van der Waals surface area contributed by atoms with Crippen LogP contribution in [0.4, 0.5) is 0 Å². The highest BCUT2D eigenvalue weighted by atomic mass is 35.5. The number of hydrogen-bond acceptors (Lipinski definition) is 5. The topological polar surface area (TPSA) is 77.4 Å². The van der Waals surface area contributed by atoms with Crippen molar-refractivity contribution in [1.82, 2.24) is 20.4 Å². The van der Waals surface area contributed by atoms with Crippen LogP contribution >= 0.6 is 12.4 Å². The Morgan fingerprint density at radius 2 is 2.14 bits per heavy atom. The first-order chi connectivity index (χ1) is 13.3. The first-order valence-corrected chi connectivity index (χ1v) is 9.51. The van der Waals surface area contributed by atoms with E-state index in [1.807, 2.05) is 35.1 Å². The lowest BCUT2D eigenvalue weighted by Gasteiger charge is -2.22. The summed E-state index contributed by atoms with van der Waals surface area (Å²) < 4.78 is 12.7. The number of methoxy groups -OCH3 is 1. The molecule has 1 aliphatic rings. The van der Waals surface area contributed by atoms with Gasteiger partial charge in [-0.3, -0.25) is 9.48 Å². The first-order valence-electron chi connectivity index (χ1n) is 9.51. The second kappa shape index (κ2) is 11.7. The van der Waals surface area contributed by atoms with Gasteiger partial charge in [0.2, 0.25) is 0 Å². The molecule has 28 heavy (non-hydrogen) atoms. The van der Waals surface area contributed by atoms with Crippen LogP contribution in [-0.2, 0) is 11.3 Å². The van der Waals surface area contributed by atoms with Crippen molar-refractivity contribution in [3.05, 3.63) is 47.8 Å². The average molecular weight is 409 g/mol. The number of piperidine rings is 1. The Morgan fingerprint density at radius 3 is 2.86 bits per heavy atom. The number of nitrogens with zero attached hydrogens (tertiary/aromatic N) is 2. The Bertz CT molecular complexity index is 714. The Kier molecular flexibility index (Phi) is 9.27. The van der Waals surface area contributed by atoms with E-state index in [-0.39, 0.29) is 18.3 Å². The van der Waals surface area contributed by atoms with Crippen molar-refractivity contribution >= 4 is 18.3 Å². The quantitative estimate of drug-likeness (QED) is 0.623. The highest BCUT2D eigenvalue weighted by molar-refractivity contribution is 5.92. The van der Waals surface area contributed by atoms with Gasteiger partial charge in [-0.1, -0.05) is 12.1 Å². The van der Waals surface area contributed by atoms with Crippen LogP contribution in [0.3, 0.4) is 0 Å². The molecule has 1 atom stereocenters. The molecule has 0 radical (unpaired) electrons. The molecule has 1 aliphatic heterocycles. The molecule has 1 saturated heterocycles. The normalized spacial score (nSPS) is 16.2. The third-order valence-corrected chi connectivity index (χ3v) is 4.66. The SMILES string of the molecule is COc1ccc(COCCCNC(=O)c2ccn(C3CCCNC3)n2)cc1.Cl. The fourth-order valence-corrected chi connectivity index (χ4v) is 3.10. The average Bonchev–Trinajstić information content (AvgIpc) is 3.22. The van der Waals surface area contributed by atoms with Crippen molar-refractivity contribution in [2.75, 3.05) is 33.4 Å². The Labute approximate surface area is 172 Å². The molecule has 0 spiro atoms. The number of nitrogens with one attached hydrogen (secondary N) is 2. The van der Waals surface area contributed by atoms with Crippen molar-refractivity contribution in [1.29, 1.82) is 0 Å². The van der Waals surface area contributed by atoms with E-state index in [9.17, 15) is 4.79 Å². The van der Waals surface area contributed by atoms with Crippen molar-refractivity contribution in [3.8, 4) is 5.75 Å². The minimum Gasteiger partial charge on any atom is -0.497 e. The van der Waals surface area contributed by atoms with Gasteiger partial charge in [-0.25, -0.2) is 0 Å². The number of carbonyl (C=O) groups excluding carboxylic acids is 1. The zero-order chi connectivity index (χ0) is 18.9. The lowest BCUT2D eigenvalue weighted by molar-refractivity contribution is 0.0928. The van der Waals surface area contributed by atoms with Crippen molar-refractivity contribution in [2.24, 2.45) is 0 Å². The summed E-state index contributed by atoms with van der Waals surface area (Å²) in [6.45, 7) is 3.69. The monoisotopic (exact) mass is 408 g/mol. The zero-order valence-electron chi connectivity index (χ0n) is 16.2. The maximum absolute atomic E-state index is 12.2. The lowest BCUT2D eigenvalue weighted by Crippen LogP contribution is -2.32. The second-order valence-electron chi connectivity index (χ2n) is 6.69. The molecule has 0 aliphatic carbocycles. The van der Waals surface area contributed by atoms with Gasteiger partial charge < -0.3 is 20.1 Å². The summed E-state index contributed by atoms with van der Waals surface area (Å²) in [5.74, 6) is 0.705. The molecular weight excluding hydrogens is 380 g/mol. The maximum atomic E-state index is 12.2. The molecule has 1 aromatic carbocycles. The van der Waals surface area contributed by atoms with Crippen LogP contribution < -0.4 is 15.4 Å². The number of hydrogen-bond donors (Lipinski definition) is 2. The number of carbonyl (C=O) groups is 1. The van der Waals surface area contributed by atoms with E-state index in [1.165, 1.54) is 0 Å². The fourth-order valence-electron chi connectivity index (χ4n) is 3.10. The highest BCUT2D eigenvalue weighted by Crippen LogP contribution is 2.15. The summed E-state index contributed by atoms with van der Waals surface area (Å²) >= 11 is 0. The van der Waals surface area contributed by atoms with E-state index in [0.717, 1.165) is 43.7 Å². The van der Waals surface area contributed by atoms with Crippen LogP contribution in [0.5, 0.6) is 5.75 Å². The molecule has 7 nitrogen and oxygen atoms in total. The van der Waals surface area contributed by atoms with Gasteiger partial charge in [0.05, 0.1) is 19.8 Å². The first kappa shape index (κ1) is 22.2. The molecule has 2 heterocycles. The summed E-state index contributed by atoms with van der Waals surface area (Å²) in [4.78, 5) is 12.2. The van der Waals surface area contributed by atoms with E-state index in [2.05, 4.69) is 15.7 Å². The molecule has 2 aromatic rings. The molecular formula is C20H29ClN4O3. The molecule has 3 rings (SSSR count). The van der Waals surface area contributed by atoms with Crippen LogP contribution in [0, 0.1) is 0 Å². The van der Waals surface area contributed by atoms with E-state index in [1.54, 1.807) is 13.2 Å². The van der Waals surface area contributed by atoms with Gasteiger partial charge in [0.25, 0.3) is 5.91 Å². The van der Waals surface area contributed by atoms with Crippen LogP contribution in [0.1, 0.15) is 41.4 Å². The van der Waals surface area contributed by atoms with Crippen LogP contribution in [-0.4, -0.2) is 49.0 Å². The third-order valence-electron chi connectivity index (χ3n) is 4.66. The zero-order valence-corrected chi connectivity index (χ0v) is 17.0. The van der Waals surface area contributed by atoms with Gasteiger partial charge in [0.15, 0.2) is 0 Å². The summed E-state index contributed by atoms with van der Waals surface area (Å²) in [6, 6.07) is 9.93. The summed E-state index contributed by atoms with van der Waals surface area (Å²) in [5, 5.41) is 10.7. The van der Waals surface area contributed by atoms with Gasteiger partial charge in [-0.15, -0.1) is 12.4 Å². The Balaban J connectivity index is 0.00000280. The molecule has 2 N–H and O–H groups in total. The standard InChI is InChI=1S/C20H28N4O3.ClH/c1-26-18-7-5-16(6-8-18)15-27-13-3-11-22-20(25)19-9-12-24(23-19)17-4-2-10-21-14-17;/h5-9,12,17,21H,2-4,10-11,13-15H2,1H3,(H,22,25);1H. The van der Waals surface area contributed by atoms with E-state index in [0.29, 0.717) is 31.5 Å². The molecule has 0 bridgehead atoms. The van der Waals surface area contributed by atoms with E-state index >= 15 is 0 Å². The largest absolute Gasteiger partial charge is 0.497 e. The number of amides is 1. The minimum atomic E-state index is -0.132. The van der Waals surface area contributed by atoms with E-state index in [4.69, 9.17) is 9.47 Å². The summed E-state index contributed by atoms with van der Waals surface area (Å²) in [6.07, 6.45) is 4.89. The second-order valence-corrected chi connectivity index (χ2v) is 6.69. The Morgan fingerprint density at radius 1 is 1.32 bits per heavy atom. The van der Waals surface area contributed by atoms with Crippen molar-refractivity contribution in [2.45, 2.75) is 31.9 Å². The molecule has 1 aromatic heterocycles. The highest BCUT2D eigenvalue weighted by Gasteiger charge is 2.17. The predicted octanol–water partition coefficient (Wildman–Crippen LogP) is 2.57. The van der Waals surface area contributed by atoms with E-state index < -0.39 is 0 Å². The van der Waals surface area contributed by atoms with Crippen LogP contribution in [0.25, 0.3) is 0 Å². The molecule has 154 valence electrons. The number of ether oxygens (including phenoxy) is 2. The van der Waals surface area contributed by atoms with Gasteiger partial charge >= 0.3 is 0 Å². The molecule has 8 heteroatoms. The minimum absolute atomic E-state index is 0. The van der Waals surface area contributed by atoms with Crippen molar-refractivity contribution < 1.29 is 14.3 Å². The van der Waals surface area contributed by atoms with Crippen LogP contribution in [0.15, 0.2) is 36.5 Å². The summed E-state index contributed by atoms with van der Waals surface area (Å²) in [5.41, 5.74) is 1.57. The predicted molar refractivity (Wildman–Crippen MR) is 110 cm³/mol. The number of aromatic nitrogens is 2. The van der Waals surface area contributed by atoms with Crippen molar-refractivity contribution in [3.63, 3.8) is 0 Å². The third kappa shape index (κ3) is 6.51. The van der Waals surface area contributed by atoms with Gasteiger partial charge in [0.1, 0.15) is 11.4 Å². The van der Waals surface area contributed by atoms with Gasteiger partial charge in [-0.05, 0) is 49.6 Å². The number of halogens is 1. The van der Waals surface area contributed by atoms with Gasteiger partial charge in [-0.2, -0.15) is 5.10 Å². The number of benzene rings is 1. The number of rotatable bonds is 9. The van der Waals surface area contributed by atoms with Crippen LogP contribution in [0.2, 0.25) is 0 Å². The lowest BCUT2D eigenvalue weighted by atomic mass is 10.1. The van der Waals surface area contributed by atoms with Gasteiger partial charge in [0, 0.05) is 25.9 Å². The molecule has 0 saturated carbocycles. The smallest absolute Gasteiger partial charge is 0.271 e. The summed E-state index contributed by atoms with van der Waals surface area (Å²) in [7, 11) is 1.65. The Hall–Kier alpha value is -2.09. The molecule has 1 fully saturated rings. The molecule has 1 amide bonds. The fraction of sp³-hybridized carbons (Fsp3) is 0.500. The maximum Gasteiger partial charge on any atom is 0.271 e.